The van der Waals surface area contributed by atoms with Crippen molar-refractivity contribution >= 4 is 12.1 Å². The summed E-state index contributed by atoms with van der Waals surface area (Å²) in [4.78, 5) is 25.1. The fourth-order valence-corrected chi connectivity index (χ4v) is 1.60. The zero-order chi connectivity index (χ0) is 15.2. The molecule has 1 amide bonds. The number of hydrogen-bond donors (Lipinski definition) is 0. The van der Waals surface area contributed by atoms with Gasteiger partial charge in [-0.2, -0.15) is 0 Å². The molecule has 0 aliphatic heterocycles. The predicted octanol–water partition coefficient (Wildman–Crippen LogP) is 2.69. The summed E-state index contributed by atoms with van der Waals surface area (Å²) in [6.07, 6.45) is -0.498. The molecule has 1 unspecified atom stereocenters. The molecule has 1 atom stereocenters. The van der Waals surface area contributed by atoms with Crippen molar-refractivity contribution in [3.8, 4) is 0 Å². The Hall–Kier alpha value is -1.26. The highest BCUT2D eigenvalue weighted by molar-refractivity contribution is 5.81. The number of nitrogens with zero attached hydrogens (tertiary/aromatic N) is 1. The van der Waals surface area contributed by atoms with E-state index in [0.29, 0.717) is 13.2 Å². The summed E-state index contributed by atoms with van der Waals surface area (Å²) in [5.74, 6) is -0.432. The number of ether oxygens (including phenoxy) is 2. The second-order valence-corrected chi connectivity index (χ2v) is 6.17. The van der Waals surface area contributed by atoms with Crippen LogP contribution < -0.4 is 0 Å². The highest BCUT2D eigenvalue weighted by Crippen LogP contribution is 2.16. The first kappa shape index (κ1) is 17.7. The smallest absolute Gasteiger partial charge is 0.410 e. The fourth-order valence-electron chi connectivity index (χ4n) is 1.60. The van der Waals surface area contributed by atoms with Crippen LogP contribution >= 0.6 is 0 Å². The lowest BCUT2D eigenvalue weighted by atomic mass is 9.99. The van der Waals surface area contributed by atoms with Gasteiger partial charge >= 0.3 is 12.1 Å². The summed E-state index contributed by atoms with van der Waals surface area (Å²) < 4.78 is 10.2. The molecule has 5 nitrogen and oxygen atoms in total. The van der Waals surface area contributed by atoms with E-state index in [1.54, 1.807) is 14.0 Å². The maximum absolute atomic E-state index is 11.9. The van der Waals surface area contributed by atoms with Gasteiger partial charge in [-0.3, -0.25) is 4.90 Å². The highest BCUT2D eigenvalue weighted by atomic mass is 16.6. The van der Waals surface area contributed by atoms with E-state index in [2.05, 4.69) is 0 Å². The van der Waals surface area contributed by atoms with Crippen LogP contribution in [0.25, 0.3) is 0 Å². The maximum atomic E-state index is 11.9. The van der Waals surface area contributed by atoms with Crippen LogP contribution in [0.2, 0.25) is 0 Å². The zero-order valence-electron chi connectivity index (χ0n) is 13.1. The van der Waals surface area contributed by atoms with E-state index in [-0.39, 0.29) is 11.3 Å². The van der Waals surface area contributed by atoms with Crippen molar-refractivity contribution in [2.45, 2.75) is 47.6 Å². The molecule has 0 heterocycles. The molecule has 0 fully saturated rings. The summed E-state index contributed by atoms with van der Waals surface area (Å²) in [7, 11) is 1.56. The molecule has 0 aliphatic carbocycles. The van der Waals surface area contributed by atoms with Crippen LogP contribution in [0.1, 0.15) is 41.5 Å². The standard InChI is InChI=1S/C14H27NO4/c1-8-18-12(16)11(10(2)3)15(7)13(17)19-9-14(4,5)6/h10-11H,8-9H2,1-7H3. The van der Waals surface area contributed by atoms with Crippen LogP contribution in [0.5, 0.6) is 0 Å². The van der Waals surface area contributed by atoms with Crippen molar-refractivity contribution in [2.75, 3.05) is 20.3 Å². The molecule has 0 aromatic carbocycles. The molecule has 0 bridgehead atoms. The van der Waals surface area contributed by atoms with Gasteiger partial charge in [0.1, 0.15) is 6.04 Å². The Balaban J connectivity index is 4.67. The molecule has 112 valence electrons. The van der Waals surface area contributed by atoms with Crippen LogP contribution in [-0.2, 0) is 14.3 Å². The molecule has 0 aromatic rings. The van der Waals surface area contributed by atoms with E-state index in [0.717, 1.165) is 0 Å². The number of rotatable bonds is 5. The minimum absolute atomic E-state index is 0.0359. The molecule has 0 aliphatic rings. The van der Waals surface area contributed by atoms with Crippen LogP contribution in [0.3, 0.4) is 0 Å². The van der Waals surface area contributed by atoms with Gasteiger partial charge in [-0.15, -0.1) is 0 Å². The van der Waals surface area contributed by atoms with Crippen LogP contribution in [0.4, 0.5) is 4.79 Å². The normalized spacial score (nSPS) is 13.1. The summed E-state index contributed by atoms with van der Waals surface area (Å²) in [5.41, 5.74) is -0.103. The molecular formula is C14H27NO4. The minimum atomic E-state index is -0.618. The van der Waals surface area contributed by atoms with E-state index >= 15 is 0 Å². The van der Waals surface area contributed by atoms with Crippen LogP contribution in [0, 0.1) is 11.3 Å². The average molecular weight is 273 g/mol. The lowest BCUT2D eigenvalue weighted by Gasteiger charge is -2.29. The van der Waals surface area contributed by atoms with Crippen molar-refractivity contribution in [1.29, 1.82) is 0 Å². The van der Waals surface area contributed by atoms with E-state index in [1.165, 1.54) is 4.90 Å². The van der Waals surface area contributed by atoms with Gasteiger partial charge in [0.2, 0.25) is 0 Å². The van der Waals surface area contributed by atoms with Gasteiger partial charge in [-0.05, 0) is 18.3 Å². The molecular weight excluding hydrogens is 246 g/mol. The van der Waals surface area contributed by atoms with Crippen molar-refractivity contribution in [2.24, 2.45) is 11.3 Å². The molecule has 19 heavy (non-hydrogen) atoms. The SMILES string of the molecule is CCOC(=O)C(C(C)C)N(C)C(=O)OCC(C)(C)C. The third kappa shape index (κ3) is 6.45. The van der Waals surface area contributed by atoms with Gasteiger partial charge in [0.15, 0.2) is 0 Å². The Morgan fingerprint density at radius 3 is 2.05 bits per heavy atom. The largest absolute Gasteiger partial charge is 0.464 e. The molecule has 0 spiro atoms. The average Bonchev–Trinajstić information content (AvgIpc) is 2.24. The molecule has 0 radical (unpaired) electrons. The predicted molar refractivity (Wildman–Crippen MR) is 73.8 cm³/mol. The summed E-state index contributed by atoms with van der Waals surface area (Å²) in [5, 5.41) is 0. The molecule has 5 heteroatoms. The van der Waals surface area contributed by atoms with Crippen molar-refractivity contribution < 1.29 is 19.1 Å². The number of carbonyl (C=O) groups is 2. The first-order valence-corrected chi connectivity index (χ1v) is 6.66. The Bertz CT molecular complexity index is 307. The topological polar surface area (TPSA) is 55.8 Å². The molecule has 0 N–H and O–H groups in total. The Morgan fingerprint density at radius 1 is 1.16 bits per heavy atom. The molecule has 0 rings (SSSR count). The number of esters is 1. The zero-order valence-corrected chi connectivity index (χ0v) is 13.1. The second kappa shape index (κ2) is 7.36. The van der Waals surface area contributed by atoms with E-state index in [9.17, 15) is 9.59 Å². The summed E-state index contributed by atoms with van der Waals surface area (Å²) >= 11 is 0. The Kier molecular flexibility index (Phi) is 6.87. The van der Waals surface area contributed by atoms with Crippen LogP contribution in [0.15, 0.2) is 0 Å². The summed E-state index contributed by atoms with van der Waals surface area (Å²) in [6.45, 7) is 12.0. The first-order valence-electron chi connectivity index (χ1n) is 6.66. The number of hydrogen-bond acceptors (Lipinski definition) is 4. The number of likely N-dealkylation sites (N-methyl/N-ethyl adjacent to an activating group) is 1. The van der Waals surface area contributed by atoms with E-state index < -0.39 is 18.1 Å². The highest BCUT2D eigenvalue weighted by Gasteiger charge is 2.32. The summed E-state index contributed by atoms with van der Waals surface area (Å²) in [6, 6.07) is -0.618. The van der Waals surface area contributed by atoms with Gasteiger partial charge in [-0.1, -0.05) is 34.6 Å². The Morgan fingerprint density at radius 2 is 1.68 bits per heavy atom. The van der Waals surface area contributed by atoms with E-state index in [1.807, 2.05) is 34.6 Å². The lowest BCUT2D eigenvalue weighted by Crippen LogP contribution is -2.47. The van der Waals surface area contributed by atoms with Gasteiger partial charge in [0, 0.05) is 7.05 Å². The first-order chi connectivity index (χ1) is 8.60. The van der Waals surface area contributed by atoms with Crippen molar-refractivity contribution in [3.05, 3.63) is 0 Å². The third-order valence-electron chi connectivity index (χ3n) is 2.49. The molecule has 0 aromatic heterocycles. The maximum Gasteiger partial charge on any atom is 0.410 e. The quantitative estimate of drug-likeness (QED) is 0.723. The number of amides is 1. The minimum Gasteiger partial charge on any atom is -0.464 e. The Labute approximate surface area is 116 Å². The fraction of sp³-hybridized carbons (Fsp3) is 0.857. The van der Waals surface area contributed by atoms with Crippen molar-refractivity contribution in [3.63, 3.8) is 0 Å². The molecule has 0 saturated heterocycles. The van der Waals surface area contributed by atoms with E-state index in [4.69, 9.17) is 9.47 Å². The third-order valence-corrected chi connectivity index (χ3v) is 2.49. The van der Waals surface area contributed by atoms with Gasteiger partial charge in [-0.25, -0.2) is 9.59 Å². The van der Waals surface area contributed by atoms with Gasteiger partial charge < -0.3 is 9.47 Å². The second-order valence-electron chi connectivity index (χ2n) is 6.17. The number of carbonyl (C=O) groups excluding carboxylic acids is 2. The van der Waals surface area contributed by atoms with Crippen molar-refractivity contribution in [1.82, 2.24) is 4.90 Å². The lowest BCUT2D eigenvalue weighted by molar-refractivity contribution is -0.150. The monoisotopic (exact) mass is 273 g/mol. The van der Waals surface area contributed by atoms with Gasteiger partial charge in [0.25, 0.3) is 0 Å². The van der Waals surface area contributed by atoms with Gasteiger partial charge in [0.05, 0.1) is 13.2 Å². The molecule has 0 saturated carbocycles. The van der Waals surface area contributed by atoms with Crippen LogP contribution in [-0.4, -0.2) is 43.3 Å².